The van der Waals surface area contributed by atoms with Crippen LogP contribution in [-0.4, -0.2) is 13.1 Å². The van der Waals surface area contributed by atoms with E-state index in [1.165, 1.54) is 7.11 Å². The molecule has 2 aromatic carbocycles. The lowest BCUT2D eigenvalue weighted by Gasteiger charge is -2.11. The number of halogens is 2. The van der Waals surface area contributed by atoms with Crippen LogP contribution in [0.3, 0.4) is 0 Å². The minimum absolute atomic E-state index is 0.365. The number of carbonyl (C=O) groups excluding carboxylic acids is 1. The number of methoxy groups -OCH3 is 1. The molecule has 0 N–H and O–H groups in total. The van der Waals surface area contributed by atoms with E-state index < -0.39 is 0 Å². The second kappa shape index (κ2) is 6.22. The van der Waals surface area contributed by atoms with Crippen LogP contribution < -0.4 is 0 Å². The van der Waals surface area contributed by atoms with Crippen molar-refractivity contribution in [1.29, 1.82) is 0 Å². The number of hydrogen-bond acceptors (Lipinski definition) is 2. The van der Waals surface area contributed by atoms with E-state index in [1.807, 2.05) is 30.3 Å². The highest BCUT2D eigenvalue weighted by Crippen LogP contribution is 2.32. The van der Waals surface area contributed by atoms with E-state index in [0.29, 0.717) is 15.9 Å². The highest BCUT2D eigenvalue weighted by Gasteiger charge is 2.15. The van der Waals surface area contributed by atoms with E-state index in [0.717, 1.165) is 16.7 Å². The highest BCUT2D eigenvalue weighted by molar-refractivity contribution is 9.08. The first-order chi connectivity index (χ1) is 9.17. The lowest BCUT2D eigenvalue weighted by molar-refractivity contribution is 0.0601. The number of ether oxygens (including phenoxy) is 1. The Bertz CT molecular complexity index is 611. The van der Waals surface area contributed by atoms with Crippen molar-refractivity contribution < 1.29 is 9.53 Å². The number of alkyl halides is 1. The van der Waals surface area contributed by atoms with Gasteiger partial charge in [-0.3, -0.25) is 0 Å². The maximum Gasteiger partial charge on any atom is 0.338 e. The molecule has 2 nitrogen and oxygen atoms in total. The number of rotatable bonds is 3. The third-order valence-electron chi connectivity index (χ3n) is 2.81. The summed E-state index contributed by atoms with van der Waals surface area (Å²) in [6.07, 6.45) is 0. The van der Waals surface area contributed by atoms with Crippen LogP contribution in [0.2, 0.25) is 5.02 Å². The van der Waals surface area contributed by atoms with Crippen molar-refractivity contribution in [2.75, 3.05) is 7.11 Å². The molecule has 0 aliphatic carbocycles. The smallest absolute Gasteiger partial charge is 0.338 e. The molecule has 2 rings (SSSR count). The molecule has 0 atom stereocenters. The Hall–Kier alpha value is -1.32. The van der Waals surface area contributed by atoms with Crippen molar-refractivity contribution in [2.24, 2.45) is 0 Å². The van der Waals surface area contributed by atoms with Crippen molar-refractivity contribution >= 4 is 33.5 Å². The number of carbonyl (C=O) groups is 1. The van der Waals surface area contributed by atoms with Crippen molar-refractivity contribution in [2.45, 2.75) is 5.33 Å². The Morgan fingerprint density at radius 3 is 2.58 bits per heavy atom. The average Bonchev–Trinajstić information content (AvgIpc) is 2.46. The summed E-state index contributed by atoms with van der Waals surface area (Å²) in [6, 6.07) is 13.0. The second-order valence-corrected chi connectivity index (χ2v) is 4.95. The topological polar surface area (TPSA) is 26.3 Å². The zero-order valence-corrected chi connectivity index (χ0v) is 12.7. The molecule has 0 heterocycles. The van der Waals surface area contributed by atoms with Gasteiger partial charge in [0.05, 0.1) is 12.7 Å². The van der Waals surface area contributed by atoms with Crippen LogP contribution in [0, 0.1) is 0 Å². The Morgan fingerprint density at radius 2 is 1.95 bits per heavy atom. The predicted molar refractivity (Wildman–Crippen MR) is 80.9 cm³/mol. The van der Waals surface area contributed by atoms with Crippen LogP contribution in [0.25, 0.3) is 11.1 Å². The first-order valence-corrected chi connectivity index (χ1v) is 7.19. The van der Waals surface area contributed by atoms with Gasteiger partial charge in [-0.05, 0) is 29.3 Å². The molecule has 2 aromatic rings. The fourth-order valence-electron chi connectivity index (χ4n) is 1.86. The quantitative estimate of drug-likeness (QED) is 0.599. The van der Waals surface area contributed by atoms with Gasteiger partial charge in [0.15, 0.2) is 0 Å². The maximum absolute atomic E-state index is 11.8. The maximum atomic E-state index is 11.8. The van der Waals surface area contributed by atoms with Gasteiger partial charge in [-0.25, -0.2) is 4.79 Å². The van der Waals surface area contributed by atoms with Crippen LogP contribution >= 0.6 is 27.5 Å². The largest absolute Gasteiger partial charge is 0.465 e. The highest BCUT2D eigenvalue weighted by atomic mass is 79.9. The first kappa shape index (κ1) is 14.1. The van der Waals surface area contributed by atoms with Crippen LogP contribution in [0.15, 0.2) is 42.5 Å². The fraction of sp³-hybridized carbons (Fsp3) is 0.133. The van der Waals surface area contributed by atoms with Gasteiger partial charge < -0.3 is 4.74 Å². The molecule has 4 heteroatoms. The molecule has 0 aliphatic heterocycles. The second-order valence-electron chi connectivity index (χ2n) is 3.98. The number of esters is 1. The molecule has 0 saturated heterocycles. The standard InChI is InChI=1S/C15H12BrClO2/c1-19-15(18)12-7-6-10(9-16)8-13(12)11-4-2-3-5-14(11)17/h2-8H,9H2,1H3. The molecular weight excluding hydrogens is 328 g/mol. The van der Waals surface area contributed by atoms with Crippen LogP contribution in [-0.2, 0) is 10.1 Å². The van der Waals surface area contributed by atoms with Crippen molar-refractivity contribution in [3.05, 3.63) is 58.6 Å². The summed E-state index contributed by atoms with van der Waals surface area (Å²) < 4.78 is 4.82. The third kappa shape index (κ3) is 2.99. The lowest BCUT2D eigenvalue weighted by Crippen LogP contribution is -2.04. The van der Waals surface area contributed by atoms with E-state index in [4.69, 9.17) is 16.3 Å². The van der Waals surface area contributed by atoms with Gasteiger partial charge in [0, 0.05) is 15.9 Å². The van der Waals surface area contributed by atoms with E-state index in [9.17, 15) is 4.79 Å². The fourth-order valence-corrected chi connectivity index (χ4v) is 2.45. The monoisotopic (exact) mass is 338 g/mol. The van der Waals surface area contributed by atoms with E-state index in [1.54, 1.807) is 12.1 Å². The third-order valence-corrected chi connectivity index (χ3v) is 3.78. The summed E-state index contributed by atoms with van der Waals surface area (Å²) in [4.78, 5) is 11.8. The van der Waals surface area contributed by atoms with Gasteiger partial charge in [-0.1, -0.05) is 51.8 Å². The predicted octanol–water partition coefficient (Wildman–Crippen LogP) is 4.69. The van der Waals surface area contributed by atoms with Gasteiger partial charge in [-0.15, -0.1) is 0 Å². The molecule has 98 valence electrons. The summed E-state index contributed by atoms with van der Waals surface area (Å²) >= 11 is 9.62. The zero-order valence-electron chi connectivity index (χ0n) is 10.3. The molecule has 0 spiro atoms. The minimum Gasteiger partial charge on any atom is -0.465 e. The van der Waals surface area contributed by atoms with Crippen LogP contribution in [0.5, 0.6) is 0 Å². The average molecular weight is 340 g/mol. The van der Waals surface area contributed by atoms with Gasteiger partial charge in [0.2, 0.25) is 0 Å². The molecule has 0 unspecified atom stereocenters. The molecule has 0 aliphatic rings. The van der Waals surface area contributed by atoms with E-state index >= 15 is 0 Å². The lowest BCUT2D eigenvalue weighted by atomic mass is 9.97. The van der Waals surface area contributed by atoms with Crippen molar-refractivity contribution in [3.63, 3.8) is 0 Å². The summed E-state index contributed by atoms with van der Waals surface area (Å²) in [5.41, 5.74) is 3.20. The number of benzene rings is 2. The molecule has 0 fully saturated rings. The normalized spacial score (nSPS) is 10.3. The Balaban J connectivity index is 2.65. The van der Waals surface area contributed by atoms with Gasteiger partial charge >= 0.3 is 5.97 Å². The SMILES string of the molecule is COC(=O)c1ccc(CBr)cc1-c1ccccc1Cl. The Kier molecular flexibility index (Phi) is 4.61. The summed E-state index contributed by atoms with van der Waals surface area (Å²) in [5, 5.41) is 1.32. The molecule has 0 bridgehead atoms. The molecule has 0 radical (unpaired) electrons. The minimum atomic E-state index is -0.365. The summed E-state index contributed by atoms with van der Waals surface area (Å²) in [6.45, 7) is 0. The van der Waals surface area contributed by atoms with Crippen molar-refractivity contribution in [3.8, 4) is 11.1 Å². The van der Waals surface area contributed by atoms with Gasteiger partial charge in [0.25, 0.3) is 0 Å². The molecular formula is C15H12BrClO2. The van der Waals surface area contributed by atoms with Crippen LogP contribution in [0.1, 0.15) is 15.9 Å². The first-order valence-electron chi connectivity index (χ1n) is 5.69. The summed E-state index contributed by atoms with van der Waals surface area (Å²) in [7, 11) is 1.37. The van der Waals surface area contributed by atoms with E-state index in [2.05, 4.69) is 15.9 Å². The Morgan fingerprint density at radius 1 is 1.21 bits per heavy atom. The zero-order chi connectivity index (χ0) is 13.8. The van der Waals surface area contributed by atoms with Gasteiger partial charge in [-0.2, -0.15) is 0 Å². The number of hydrogen-bond donors (Lipinski definition) is 0. The molecule has 0 amide bonds. The van der Waals surface area contributed by atoms with Crippen molar-refractivity contribution in [1.82, 2.24) is 0 Å². The summed E-state index contributed by atoms with van der Waals surface area (Å²) in [5.74, 6) is -0.365. The molecule has 0 aromatic heterocycles. The molecule has 19 heavy (non-hydrogen) atoms. The Labute approximate surface area is 125 Å². The molecule has 0 saturated carbocycles. The van der Waals surface area contributed by atoms with Gasteiger partial charge in [0.1, 0.15) is 0 Å². The van der Waals surface area contributed by atoms with E-state index in [-0.39, 0.29) is 5.97 Å². The van der Waals surface area contributed by atoms with Crippen LogP contribution in [0.4, 0.5) is 0 Å².